The van der Waals surface area contributed by atoms with E-state index >= 15 is 0 Å². The monoisotopic (exact) mass is 193 g/mol. The number of rotatable bonds is 0. The van der Waals surface area contributed by atoms with Crippen molar-refractivity contribution in [2.24, 2.45) is 0 Å². The van der Waals surface area contributed by atoms with E-state index < -0.39 is 11.4 Å². The molecule has 0 aliphatic carbocycles. The number of aromatic nitrogens is 1. The minimum absolute atomic E-state index is 0.133. The highest BCUT2D eigenvalue weighted by Gasteiger charge is 2.05. The molecule has 1 heterocycles. The Labute approximate surface area is 78.8 Å². The second-order valence-electron chi connectivity index (χ2n) is 3.17. The van der Waals surface area contributed by atoms with E-state index in [1.807, 2.05) is 0 Å². The molecular formula is C10H8FNO2. The first-order chi connectivity index (χ1) is 6.58. The Morgan fingerprint density at radius 2 is 2.07 bits per heavy atom. The quantitative estimate of drug-likeness (QED) is 0.668. The first kappa shape index (κ1) is 8.74. The fourth-order valence-electron chi connectivity index (χ4n) is 1.37. The van der Waals surface area contributed by atoms with Gasteiger partial charge in [-0.15, -0.1) is 0 Å². The largest absolute Gasteiger partial charge is 0.507 e. The SMILES string of the molecule is Cc1cc2c(O)cc(=O)[nH]c2cc1F. The lowest BCUT2D eigenvalue weighted by molar-refractivity contribution is 0.480. The summed E-state index contributed by atoms with van der Waals surface area (Å²) in [6.45, 7) is 1.60. The molecule has 0 bridgehead atoms. The van der Waals surface area contributed by atoms with Gasteiger partial charge in [0.15, 0.2) is 0 Å². The minimum atomic E-state index is -0.446. The molecule has 1 aromatic heterocycles. The van der Waals surface area contributed by atoms with Crippen LogP contribution in [0.3, 0.4) is 0 Å². The van der Waals surface area contributed by atoms with Gasteiger partial charge in [-0.3, -0.25) is 4.79 Å². The van der Waals surface area contributed by atoms with E-state index in [0.29, 0.717) is 16.5 Å². The molecule has 2 rings (SSSR count). The van der Waals surface area contributed by atoms with Crippen LogP contribution in [0.15, 0.2) is 23.0 Å². The van der Waals surface area contributed by atoms with Crippen LogP contribution in [-0.4, -0.2) is 10.1 Å². The summed E-state index contributed by atoms with van der Waals surface area (Å²) in [5.74, 6) is -0.536. The number of hydrogen-bond donors (Lipinski definition) is 2. The van der Waals surface area contributed by atoms with Crippen molar-refractivity contribution in [3.63, 3.8) is 0 Å². The Kier molecular flexibility index (Phi) is 1.77. The first-order valence-electron chi connectivity index (χ1n) is 4.10. The molecule has 0 aliphatic heterocycles. The molecule has 4 heteroatoms. The summed E-state index contributed by atoms with van der Waals surface area (Å²) in [6.07, 6.45) is 0. The Morgan fingerprint density at radius 3 is 2.79 bits per heavy atom. The lowest BCUT2D eigenvalue weighted by Gasteiger charge is -2.02. The zero-order chi connectivity index (χ0) is 10.3. The molecule has 14 heavy (non-hydrogen) atoms. The van der Waals surface area contributed by atoms with Gasteiger partial charge in [0.25, 0.3) is 5.56 Å². The van der Waals surface area contributed by atoms with Crippen LogP contribution in [0.4, 0.5) is 4.39 Å². The maximum Gasteiger partial charge on any atom is 0.252 e. The van der Waals surface area contributed by atoms with Crippen molar-refractivity contribution in [3.8, 4) is 5.75 Å². The van der Waals surface area contributed by atoms with Crippen LogP contribution < -0.4 is 5.56 Å². The van der Waals surface area contributed by atoms with E-state index in [4.69, 9.17) is 0 Å². The van der Waals surface area contributed by atoms with Gasteiger partial charge in [0, 0.05) is 11.5 Å². The zero-order valence-corrected chi connectivity index (χ0v) is 7.47. The Hall–Kier alpha value is -1.84. The van der Waals surface area contributed by atoms with Crippen molar-refractivity contribution in [2.75, 3.05) is 0 Å². The van der Waals surface area contributed by atoms with E-state index in [1.54, 1.807) is 6.92 Å². The summed E-state index contributed by atoms with van der Waals surface area (Å²) < 4.78 is 13.1. The molecule has 0 spiro atoms. The van der Waals surface area contributed by atoms with E-state index in [1.165, 1.54) is 12.1 Å². The van der Waals surface area contributed by atoms with Crippen LogP contribution in [0.2, 0.25) is 0 Å². The zero-order valence-electron chi connectivity index (χ0n) is 7.47. The number of aromatic amines is 1. The van der Waals surface area contributed by atoms with Crippen LogP contribution >= 0.6 is 0 Å². The van der Waals surface area contributed by atoms with Gasteiger partial charge in [0.05, 0.1) is 5.52 Å². The van der Waals surface area contributed by atoms with E-state index in [9.17, 15) is 14.3 Å². The summed E-state index contributed by atoms with van der Waals surface area (Å²) in [6, 6.07) is 3.77. The molecule has 72 valence electrons. The number of aryl methyl sites for hydroxylation is 1. The van der Waals surface area contributed by atoms with E-state index in [0.717, 1.165) is 6.07 Å². The van der Waals surface area contributed by atoms with Gasteiger partial charge in [-0.25, -0.2) is 4.39 Å². The van der Waals surface area contributed by atoms with E-state index in [2.05, 4.69) is 4.98 Å². The minimum Gasteiger partial charge on any atom is -0.507 e. The molecule has 0 aliphatic rings. The van der Waals surface area contributed by atoms with Gasteiger partial charge < -0.3 is 10.1 Å². The standard InChI is InChI=1S/C10H8FNO2/c1-5-2-6-8(3-7(5)11)12-10(14)4-9(6)13/h2-4H,1H3,(H2,12,13,14). The number of aromatic hydroxyl groups is 1. The van der Waals surface area contributed by atoms with E-state index in [-0.39, 0.29) is 5.75 Å². The number of pyridine rings is 1. The Bertz CT molecular complexity index is 560. The third kappa shape index (κ3) is 1.25. The molecule has 1 aromatic carbocycles. The van der Waals surface area contributed by atoms with Crippen LogP contribution in [0.25, 0.3) is 10.9 Å². The molecule has 0 atom stereocenters. The summed E-state index contributed by atoms with van der Waals surface area (Å²) in [5.41, 5.74) is 0.288. The van der Waals surface area contributed by atoms with Crippen LogP contribution in [0, 0.1) is 12.7 Å². The molecule has 0 amide bonds. The van der Waals surface area contributed by atoms with Gasteiger partial charge >= 0.3 is 0 Å². The summed E-state index contributed by atoms with van der Waals surface area (Å²) >= 11 is 0. The number of hydrogen-bond acceptors (Lipinski definition) is 2. The third-order valence-electron chi connectivity index (χ3n) is 2.10. The number of H-pyrrole nitrogens is 1. The molecule has 2 aromatic rings. The lowest BCUT2D eigenvalue weighted by atomic mass is 10.1. The van der Waals surface area contributed by atoms with Crippen molar-refractivity contribution in [3.05, 3.63) is 39.9 Å². The second kappa shape index (κ2) is 2.83. The third-order valence-corrected chi connectivity index (χ3v) is 2.10. The highest BCUT2D eigenvalue weighted by atomic mass is 19.1. The molecule has 0 saturated carbocycles. The molecule has 2 N–H and O–H groups in total. The van der Waals surface area contributed by atoms with Gasteiger partial charge in [0.2, 0.25) is 0 Å². The normalized spacial score (nSPS) is 10.7. The lowest BCUT2D eigenvalue weighted by Crippen LogP contribution is -2.03. The summed E-state index contributed by atoms with van der Waals surface area (Å²) in [5, 5.41) is 9.87. The van der Waals surface area contributed by atoms with Crippen molar-refractivity contribution in [1.82, 2.24) is 4.98 Å². The maximum absolute atomic E-state index is 13.1. The van der Waals surface area contributed by atoms with Gasteiger partial charge in [-0.2, -0.15) is 0 Å². The summed E-state index contributed by atoms with van der Waals surface area (Å²) in [7, 11) is 0. The van der Waals surface area contributed by atoms with Crippen molar-refractivity contribution >= 4 is 10.9 Å². The molecular weight excluding hydrogens is 185 g/mol. The maximum atomic E-state index is 13.1. The average Bonchev–Trinajstić information content (AvgIpc) is 2.08. The van der Waals surface area contributed by atoms with Crippen molar-refractivity contribution in [1.29, 1.82) is 0 Å². The molecule has 0 unspecified atom stereocenters. The molecule has 0 fully saturated rings. The van der Waals surface area contributed by atoms with Gasteiger partial charge in [0.1, 0.15) is 11.6 Å². The van der Waals surface area contributed by atoms with Gasteiger partial charge in [-0.1, -0.05) is 0 Å². The van der Waals surface area contributed by atoms with Crippen LogP contribution in [-0.2, 0) is 0 Å². The number of benzene rings is 1. The average molecular weight is 193 g/mol. The predicted octanol–water partition coefficient (Wildman–Crippen LogP) is 1.68. The molecule has 0 saturated heterocycles. The topological polar surface area (TPSA) is 53.1 Å². The smallest absolute Gasteiger partial charge is 0.252 e. The van der Waals surface area contributed by atoms with Crippen LogP contribution in [0.5, 0.6) is 5.75 Å². The second-order valence-corrected chi connectivity index (χ2v) is 3.17. The number of fused-ring (bicyclic) bond motifs is 1. The fourth-order valence-corrected chi connectivity index (χ4v) is 1.37. The van der Waals surface area contributed by atoms with Crippen molar-refractivity contribution < 1.29 is 9.50 Å². The molecule has 3 nitrogen and oxygen atoms in total. The van der Waals surface area contributed by atoms with Crippen LogP contribution in [0.1, 0.15) is 5.56 Å². The molecule has 0 radical (unpaired) electrons. The number of nitrogens with one attached hydrogen (secondary N) is 1. The van der Waals surface area contributed by atoms with Crippen molar-refractivity contribution in [2.45, 2.75) is 6.92 Å². The Morgan fingerprint density at radius 1 is 1.36 bits per heavy atom. The summed E-state index contributed by atoms with van der Waals surface area (Å²) in [4.78, 5) is 13.4. The van der Waals surface area contributed by atoms with Gasteiger partial charge in [-0.05, 0) is 24.6 Å². The fraction of sp³-hybridized carbons (Fsp3) is 0.100. The first-order valence-corrected chi connectivity index (χ1v) is 4.10. The highest BCUT2D eigenvalue weighted by molar-refractivity contribution is 5.85. The predicted molar refractivity (Wildman–Crippen MR) is 50.9 cm³/mol. The Balaban J connectivity index is 2.96. The highest BCUT2D eigenvalue weighted by Crippen LogP contribution is 2.23. The number of halogens is 1.